The molecule has 4 heteroatoms. The molecule has 1 aliphatic heterocycles. The highest BCUT2D eigenvalue weighted by molar-refractivity contribution is 5.96. The van der Waals surface area contributed by atoms with Gasteiger partial charge in [0.15, 0.2) is 0 Å². The zero-order valence-corrected chi connectivity index (χ0v) is 13.0. The van der Waals surface area contributed by atoms with Gasteiger partial charge in [-0.15, -0.1) is 0 Å². The van der Waals surface area contributed by atoms with Crippen molar-refractivity contribution >= 4 is 11.9 Å². The molecule has 1 N–H and O–H groups in total. The van der Waals surface area contributed by atoms with Crippen molar-refractivity contribution in [3.05, 3.63) is 71.3 Å². The summed E-state index contributed by atoms with van der Waals surface area (Å²) in [5, 5.41) is 9.53. The minimum atomic E-state index is -0.848. The zero-order chi connectivity index (χ0) is 16.4. The fourth-order valence-corrected chi connectivity index (χ4v) is 3.24. The maximum atomic E-state index is 12.7. The van der Waals surface area contributed by atoms with Crippen LogP contribution in [-0.4, -0.2) is 35.0 Å². The first kappa shape index (κ1) is 15.3. The number of hydrogen-bond donors (Lipinski definition) is 1. The Bertz CT molecular complexity index is 726. The van der Waals surface area contributed by atoms with Crippen molar-refractivity contribution < 1.29 is 14.7 Å². The number of benzene rings is 2. The molecule has 0 radical (unpaired) electrons. The van der Waals surface area contributed by atoms with Gasteiger partial charge >= 0.3 is 5.97 Å². The number of carboxylic acids is 1. The fourth-order valence-electron chi connectivity index (χ4n) is 3.24. The second-order valence-electron chi connectivity index (χ2n) is 5.99. The van der Waals surface area contributed by atoms with Crippen molar-refractivity contribution in [3.63, 3.8) is 0 Å². The van der Waals surface area contributed by atoms with E-state index >= 15 is 0 Å². The average Bonchev–Trinajstić information content (AvgIpc) is 3.01. The van der Waals surface area contributed by atoms with Crippen LogP contribution in [0.3, 0.4) is 0 Å². The molecule has 3 rings (SSSR count). The molecule has 0 spiro atoms. The van der Waals surface area contributed by atoms with Gasteiger partial charge in [-0.25, -0.2) is 0 Å². The molecule has 1 heterocycles. The van der Waals surface area contributed by atoms with Gasteiger partial charge in [-0.2, -0.15) is 0 Å². The van der Waals surface area contributed by atoms with E-state index in [1.54, 1.807) is 11.0 Å². The van der Waals surface area contributed by atoms with E-state index < -0.39 is 11.9 Å². The summed E-state index contributed by atoms with van der Waals surface area (Å²) in [7, 11) is 0. The van der Waals surface area contributed by atoms with E-state index in [2.05, 4.69) is 0 Å². The first-order valence-electron chi connectivity index (χ1n) is 7.70. The van der Waals surface area contributed by atoms with Gasteiger partial charge in [0.1, 0.15) is 0 Å². The number of amides is 1. The maximum Gasteiger partial charge on any atom is 0.308 e. The number of aryl methyl sites for hydroxylation is 1. The third kappa shape index (κ3) is 2.97. The SMILES string of the molecule is Cc1ccccc1C(=O)N1C[C@H](C(=O)O)[C@H](c2ccccc2)C1. The molecule has 23 heavy (non-hydrogen) atoms. The molecular weight excluding hydrogens is 290 g/mol. The standard InChI is InChI=1S/C19H19NO3/c1-13-7-5-6-10-15(13)18(21)20-11-16(17(12-20)19(22)23)14-8-3-2-4-9-14/h2-10,16-17H,11-12H2,1H3,(H,22,23)/t16-,17-/m0/s1. The van der Waals surface area contributed by atoms with E-state index in [1.807, 2.05) is 55.5 Å². The molecule has 0 unspecified atom stereocenters. The number of rotatable bonds is 3. The molecular formula is C19H19NO3. The molecule has 0 saturated carbocycles. The van der Waals surface area contributed by atoms with Crippen LogP contribution in [0, 0.1) is 12.8 Å². The molecule has 2 aromatic carbocycles. The molecule has 0 aromatic heterocycles. The Hall–Kier alpha value is -2.62. The Morgan fingerprint density at radius 2 is 1.65 bits per heavy atom. The minimum Gasteiger partial charge on any atom is -0.481 e. The lowest BCUT2D eigenvalue weighted by atomic mass is 9.89. The summed E-state index contributed by atoms with van der Waals surface area (Å²) in [6.07, 6.45) is 0. The molecule has 2 atom stereocenters. The van der Waals surface area contributed by atoms with Crippen molar-refractivity contribution in [2.75, 3.05) is 13.1 Å². The Labute approximate surface area is 135 Å². The molecule has 0 aliphatic carbocycles. The van der Waals surface area contributed by atoms with Crippen molar-refractivity contribution in [1.29, 1.82) is 0 Å². The summed E-state index contributed by atoms with van der Waals surface area (Å²) in [6, 6.07) is 17.0. The largest absolute Gasteiger partial charge is 0.481 e. The van der Waals surface area contributed by atoms with E-state index in [9.17, 15) is 14.7 Å². The monoisotopic (exact) mass is 309 g/mol. The molecule has 4 nitrogen and oxygen atoms in total. The van der Waals surface area contributed by atoms with Crippen LogP contribution in [0.25, 0.3) is 0 Å². The predicted octanol–water partition coefficient (Wildman–Crippen LogP) is 2.94. The van der Waals surface area contributed by atoms with Crippen LogP contribution in [0.1, 0.15) is 27.4 Å². The Morgan fingerprint density at radius 3 is 2.30 bits per heavy atom. The van der Waals surface area contributed by atoms with E-state index in [0.717, 1.165) is 11.1 Å². The van der Waals surface area contributed by atoms with Crippen LogP contribution < -0.4 is 0 Å². The van der Waals surface area contributed by atoms with Gasteiger partial charge in [0.25, 0.3) is 5.91 Å². The summed E-state index contributed by atoms with van der Waals surface area (Å²) >= 11 is 0. The lowest BCUT2D eigenvalue weighted by molar-refractivity contribution is -0.141. The summed E-state index contributed by atoms with van der Waals surface area (Å²) in [5.74, 6) is -1.67. The maximum absolute atomic E-state index is 12.7. The lowest BCUT2D eigenvalue weighted by Crippen LogP contribution is -2.30. The third-order valence-electron chi connectivity index (χ3n) is 4.53. The zero-order valence-electron chi connectivity index (χ0n) is 13.0. The second kappa shape index (κ2) is 6.24. The predicted molar refractivity (Wildman–Crippen MR) is 87.4 cm³/mol. The van der Waals surface area contributed by atoms with Gasteiger partial charge in [-0.05, 0) is 24.1 Å². The van der Waals surface area contributed by atoms with Crippen molar-refractivity contribution in [2.24, 2.45) is 5.92 Å². The average molecular weight is 309 g/mol. The van der Waals surface area contributed by atoms with Crippen molar-refractivity contribution in [3.8, 4) is 0 Å². The van der Waals surface area contributed by atoms with Crippen molar-refractivity contribution in [1.82, 2.24) is 4.90 Å². The number of hydrogen-bond acceptors (Lipinski definition) is 2. The molecule has 2 aromatic rings. The summed E-state index contributed by atoms with van der Waals surface area (Å²) in [6.45, 7) is 2.59. The molecule has 1 amide bonds. The normalized spacial score (nSPS) is 20.5. The number of carbonyl (C=O) groups is 2. The summed E-state index contributed by atoms with van der Waals surface area (Å²) in [5.41, 5.74) is 2.53. The molecule has 1 fully saturated rings. The summed E-state index contributed by atoms with van der Waals surface area (Å²) in [4.78, 5) is 26.0. The van der Waals surface area contributed by atoms with Crippen LogP contribution >= 0.6 is 0 Å². The van der Waals surface area contributed by atoms with Crippen LogP contribution in [0.2, 0.25) is 0 Å². The highest BCUT2D eigenvalue weighted by atomic mass is 16.4. The first-order chi connectivity index (χ1) is 11.1. The number of aliphatic carboxylic acids is 1. The number of carboxylic acid groups (broad SMARTS) is 1. The van der Waals surface area contributed by atoms with Crippen LogP contribution in [0.4, 0.5) is 0 Å². The topological polar surface area (TPSA) is 57.6 Å². The van der Waals surface area contributed by atoms with Crippen molar-refractivity contribution in [2.45, 2.75) is 12.8 Å². The number of likely N-dealkylation sites (tertiary alicyclic amines) is 1. The van der Waals surface area contributed by atoms with E-state index in [0.29, 0.717) is 12.1 Å². The smallest absolute Gasteiger partial charge is 0.308 e. The van der Waals surface area contributed by atoms with Gasteiger partial charge in [0.05, 0.1) is 5.92 Å². The first-order valence-corrected chi connectivity index (χ1v) is 7.70. The highest BCUT2D eigenvalue weighted by Crippen LogP contribution is 2.33. The molecule has 1 aliphatic rings. The number of carbonyl (C=O) groups excluding carboxylic acids is 1. The quantitative estimate of drug-likeness (QED) is 0.948. The molecule has 1 saturated heterocycles. The summed E-state index contributed by atoms with van der Waals surface area (Å²) < 4.78 is 0. The van der Waals surface area contributed by atoms with Crippen LogP contribution in [-0.2, 0) is 4.79 Å². The van der Waals surface area contributed by atoms with E-state index in [1.165, 1.54) is 0 Å². The second-order valence-corrected chi connectivity index (χ2v) is 5.99. The molecule has 118 valence electrons. The Kier molecular flexibility index (Phi) is 4.15. The Balaban J connectivity index is 1.87. The Morgan fingerprint density at radius 1 is 1.00 bits per heavy atom. The van der Waals surface area contributed by atoms with Gasteiger partial charge < -0.3 is 10.0 Å². The van der Waals surface area contributed by atoms with E-state index in [-0.39, 0.29) is 18.4 Å². The van der Waals surface area contributed by atoms with Crippen LogP contribution in [0.5, 0.6) is 0 Å². The minimum absolute atomic E-state index is 0.0900. The third-order valence-corrected chi connectivity index (χ3v) is 4.53. The molecule has 0 bridgehead atoms. The fraction of sp³-hybridized carbons (Fsp3) is 0.263. The van der Waals surface area contributed by atoms with Gasteiger partial charge in [0, 0.05) is 24.6 Å². The van der Waals surface area contributed by atoms with Gasteiger partial charge in [-0.1, -0.05) is 48.5 Å². The lowest BCUT2D eigenvalue weighted by Gasteiger charge is -2.17. The van der Waals surface area contributed by atoms with Gasteiger partial charge in [-0.3, -0.25) is 9.59 Å². The number of nitrogens with zero attached hydrogens (tertiary/aromatic N) is 1. The highest BCUT2D eigenvalue weighted by Gasteiger charge is 2.40. The van der Waals surface area contributed by atoms with Crippen LogP contribution in [0.15, 0.2) is 54.6 Å². The van der Waals surface area contributed by atoms with Gasteiger partial charge in [0.2, 0.25) is 0 Å². The van der Waals surface area contributed by atoms with E-state index in [4.69, 9.17) is 0 Å².